The van der Waals surface area contributed by atoms with Crippen LogP contribution in [0.15, 0.2) is 0 Å². The number of likely N-dealkylation sites (tertiary alicyclic amines) is 1. The highest BCUT2D eigenvalue weighted by Gasteiger charge is 2.39. The second-order valence-electron chi connectivity index (χ2n) is 6.39. The van der Waals surface area contributed by atoms with Crippen molar-refractivity contribution >= 4 is 17.7 Å². The molecule has 0 aromatic carbocycles. The molecular weight excluding hydrogens is 270 g/mol. The molecule has 0 aliphatic carbocycles. The van der Waals surface area contributed by atoms with Crippen molar-refractivity contribution in [2.75, 3.05) is 25.1 Å². The van der Waals surface area contributed by atoms with Gasteiger partial charge in [0.05, 0.1) is 6.04 Å². The third kappa shape index (κ3) is 3.49. The van der Waals surface area contributed by atoms with Crippen LogP contribution in [0.4, 0.5) is 0 Å². The van der Waals surface area contributed by atoms with Crippen molar-refractivity contribution < 1.29 is 4.79 Å². The Bertz CT molecular complexity index is 337. The first kappa shape index (κ1) is 16.1. The van der Waals surface area contributed by atoms with Crippen molar-refractivity contribution in [2.45, 2.75) is 63.7 Å². The molecule has 2 bridgehead atoms. The maximum absolute atomic E-state index is 12.5. The van der Waals surface area contributed by atoms with Crippen LogP contribution >= 0.6 is 11.8 Å². The van der Waals surface area contributed by atoms with E-state index in [1.54, 1.807) is 11.8 Å². The van der Waals surface area contributed by atoms with Gasteiger partial charge in [-0.1, -0.05) is 0 Å². The van der Waals surface area contributed by atoms with Crippen LogP contribution in [0.25, 0.3) is 0 Å². The highest BCUT2D eigenvalue weighted by Crippen LogP contribution is 2.32. The molecule has 1 amide bonds. The molecule has 116 valence electrons. The van der Waals surface area contributed by atoms with Gasteiger partial charge in [0.2, 0.25) is 5.91 Å². The number of hydrogen-bond donors (Lipinski definition) is 1. The van der Waals surface area contributed by atoms with Crippen LogP contribution in [0.2, 0.25) is 0 Å². The van der Waals surface area contributed by atoms with Crippen LogP contribution < -0.4 is 5.73 Å². The number of hydrogen-bond acceptors (Lipinski definition) is 4. The summed E-state index contributed by atoms with van der Waals surface area (Å²) in [5.74, 6) is 1.13. The summed E-state index contributed by atoms with van der Waals surface area (Å²) in [5.41, 5.74) is 6.06. The minimum absolute atomic E-state index is 0.162. The molecule has 2 rings (SSSR count). The van der Waals surface area contributed by atoms with Crippen LogP contribution in [0, 0.1) is 0 Å². The quantitative estimate of drug-likeness (QED) is 0.836. The number of carbonyl (C=O) groups excluding carboxylic acids is 1. The Labute approximate surface area is 127 Å². The summed E-state index contributed by atoms with van der Waals surface area (Å²) in [4.78, 5) is 17.1. The van der Waals surface area contributed by atoms with E-state index in [9.17, 15) is 4.79 Å². The average molecular weight is 299 g/mol. The normalized spacial score (nSPS) is 28.8. The van der Waals surface area contributed by atoms with Crippen molar-refractivity contribution in [1.29, 1.82) is 0 Å². The van der Waals surface area contributed by atoms with Gasteiger partial charge in [0.25, 0.3) is 0 Å². The van der Waals surface area contributed by atoms with Crippen LogP contribution in [0.5, 0.6) is 0 Å². The molecule has 0 aromatic heterocycles. The summed E-state index contributed by atoms with van der Waals surface area (Å²) in [7, 11) is 0. The smallest absolute Gasteiger partial charge is 0.239 e. The number of nitrogens with zero attached hydrogens (tertiary/aromatic N) is 2. The molecule has 3 atom stereocenters. The Kier molecular flexibility index (Phi) is 5.75. The lowest BCUT2D eigenvalue weighted by Gasteiger charge is -2.32. The molecule has 5 heteroatoms. The summed E-state index contributed by atoms with van der Waals surface area (Å²) < 4.78 is 0. The standard InChI is InChI=1S/C15H29N3OS/c1-11(2)18-12-4-5-13(18)10-17(8-6-12)15(19)14(16)7-9-20-3/h11-14H,4-10,16H2,1-3H3/t12-,13+,14+/m1/s1. The van der Waals surface area contributed by atoms with Crippen LogP contribution in [-0.4, -0.2) is 65.0 Å². The monoisotopic (exact) mass is 299 g/mol. The van der Waals surface area contributed by atoms with E-state index in [1.165, 1.54) is 12.8 Å². The first-order valence-electron chi connectivity index (χ1n) is 7.85. The van der Waals surface area contributed by atoms with E-state index in [1.807, 2.05) is 4.90 Å². The molecular formula is C15H29N3OS. The minimum Gasteiger partial charge on any atom is -0.340 e. The van der Waals surface area contributed by atoms with E-state index >= 15 is 0 Å². The summed E-state index contributed by atoms with van der Waals surface area (Å²) >= 11 is 1.76. The molecule has 0 spiro atoms. The number of nitrogens with two attached hydrogens (primary N) is 1. The Hall–Kier alpha value is -0.260. The molecule has 2 aliphatic heterocycles. The molecule has 2 heterocycles. The minimum atomic E-state index is -0.313. The molecule has 0 aromatic rings. The molecule has 2 saturated heterocycles. The zero-order valence-corrected chi connectivity index (χ0v) is 13.9. The van der Waals surface area contributed by atoms with E-state index in [0.717, 1.165) is 31.7 Å². The van der Waals surface area contributed by atoms with Gasteiger partial charge in [0.15, 0.2) is 0 Å². The molecule has 2 fully saturated rings. The van der Waals surface area contributed by atoms with Gasteiger partial charge in [0, 0.05) is 31.2 Å². The molecule has 20 heavy (non-hydrogen) atoms. The Morgan fingerprint density at radius 3 is 2.65 bits per heavy atom. The fourth-order valence-electron chi connectivity index (χ4n) is 3.76. The van der Waals surface area contributed by atoms with Crippen LogP contribution in [0.1, 0.15) is 39.5 Å². The van der Waals surface area contributed by atoms with Gasteiger partial charge in [-0.25, -0.2) is 0 Å². The SMILES string of the molecule is CSCC[C@H](N)C(=O)N1CC[C@H]2CC[C@@H](C1)N2C(C)C. The lowest BCUT2D eigenvalue weighted by molar-refractivity contribution is -0.133. The van der Waals surface area contributed by atoms with Crippen molar-refractivity contribution in [3.05, 3.63) is 0 Å². The van der Waals surface area contributed by atoms with Gasteiger partial charge < -0.3 is 10.6 Å². The van der Waals surface area contributed by atoms with Crippen LogP contribution in [0.3, 0.4) is 0 Å². The van der Waals surface area contributed by atoms with Gasteiger partial charge in [-0.15, -0.1) is 0 Å². The third-order valence-electron chi connectivity index (χ3n) is 4.70. The number of carbonyl (C=O) groups is 1. The summed E-state index contributed by atoms with van der Waals surface area (Å²) in [6.45, 7) is 6.30. The van der Waals surface area contributed by atoms with E-state index in [0.29, 0.717) is 18.1 Å². The Morgan fingerprint density at radius 1 is 1.30 bits per heavy atom. The van der Waals surface area contributed by atoms with E-state index in [2.05, 4.69) is 25.0 Å². The number of thioether (sulfide) groups is 1. The highest BCUT2D eigenvalue weighted by atomic mass is 32.2. The van der Waals surface area contributed by atoms with Crippen molar-refractivity contribution in [3.63, 3.8) is 0 Å². The maximum Gasteiger partial charge on any atom is 0.239 e. The van der Waals surface area contributed by atoms with Gasteiger partial charge in [0.1, 0.15) is 0 Å². The molecule has 2 N–H and O–H groups in total. The van der Waals surface area contributed by atoms with Crippen molar-refractivity contribution in [2.24, 2.45) is 5.73 Å². The second kappa shape index (κ2) is 7.14. The first-order valence-corrected chi connectivity index (χ1v) is 9.24. The Balaban J connectivity index is 1.97. The molecule has 0 saturated carbocycles. The summed E-state index contributed by atoms with van der Waals surface area (Å²) in [5, 5.41) is 0. The fraction of sp³-hybridized carbons (Fsp3) is 0.933. The summed E-state index contributed by atoms with van der Waals surface area (Å²) in [6, 6.07) is 1.47. The third-order valence-corrected chi connectivity index (χ3v) is 5.34. The second-order valence-corrected chi connectivity index (χ2v) is 7.37. The first-order chi connectivity index (χ1) is 9.54. The van der Waals surface area contributed by atoms with E-state index in [4.69, 9.17) is 5.73 Å². The van der Waals surface area contributed by atoms with Gasteiger partial charge in [-0.3, -0.25) is 9.69 Å². The van der Waals surface area contributed by atoms with Crippen molar-refractivity contribution in [3.8, 4) is 0 Å². The van der Waals surface area contributed by atoms with E-state index < -0.39 is 0 Å². The van der Waals surface area contributed by atoms with Gasteiger partial charge in [-0.2, -0.15) is 11.8 Å². The fourth-order valence-corrected chi connectivity index (χ4v) is 4.25. The Morgan fingerprint density at radius 2 is 2.00 bits per heavy atom. The van der Waals surface area contributed by atoms with Crippen LogP contribution in [-0.2, 0) is 4.79 Å². The lowest BCUT2D eigenvalue weighted by Crippen LogP contribution is -2.48. The number of fused-ring (bicyclic) bond motifs is 2. The molecule has 0 radical (unpaired) electrons. The highest BCUT2D eigenvalue weighted by molar-refractivity contribution is 7.98. The van der Waals surface area contributed by atoms with Crippen molar-refractivity contribution in [1.82, 2.24) is 9.80 Å². The van der Waals surface area contributed by atoms with Gasteiger partial charge in [-0.05, 0) is 51.5 Å². The topological polar surface area (TPSA) is 49.6 Å². The average Bonchev–Trinajstić information content (AvgIpc) is 2.70. The van der Waals surface area contributed by atoms with Gasteiger partial charge >= 0.3 is 0 Å². The largest absolute Gasteiger partial charge is 0.340 e. The number of amides is 1. The predicted molar refractivity (Wildman–Crippen MR) is 86.0 cm³/mol. The zero-order valence-electron chi connectivity index (χ0n) is 13.0. The molecule has 2 aliphatic rings. The lowest BCUT2D eigenvalue weighted by atomic mass is 10.1. The predicted octanol–water partition coefficient (Wildman–Crippen LogP) is 1.54. The molecule has 0 unspecified atom stereocenters. The number of rotatable bonds is 5. The molecule has 4 nitrogen and oxygen atoms in total. The maximum atomic E-state index is 12.5. The zero-order chi connectivity index (χ0) is 14.7. The van der Waals surface area contributed by atoms with E-state index in [-0.39, 0.29) is 11.9 Å². The summed E-state index contributed by atoms with van der Waals surface area (Å²) in [6.07, 6.45) is 6.48.